The molecular formula is C15H19NO2S. The van der Waals surface area contributed by atoms with Gasteiger partial charge in [-0.25, -0.2) is 0 Å². The third-order valence-corrected chi connectivity index (χ3v) is 4.33. The molecule has 0 spiro atoms. The smallest absolute Gasteiger partial charge is 0.220 e. The van der Waals surface area contributed by atoms with Gasteiger partial charge < -0.3 is 9.73 Å². The average Bonchev–Trinajstić information content (AvgIpc) is 3.06. The summed E-state index contributed by atoms with van der Waals surface area (Å²) in [6, 6.07) is 7.89. The zero-order chi connectivity index (χ0) is 13.7. The van der Waals surface area contributed by atoms with Gasteiger partial charge in [-0.3, -0.25) is 4.79 Å². The van der Waals surface area contributed by atoms with Crippen LogP contribution < -0.4 is 5.32 Å². The third-order valence-electron chi connectivity index (χ3n) is 3.09. The lowest BCUT2D eigenvalue weighted by atomic mass is 9.91. The number of carbonyl (C=O) groups excluding carboxylic acids is 1. The first-order valence-corrected chi connectivity index (χ1v) is 7.29. The standard InChI is InChI=1S/C15H19NO2S/c1-15(2,13-6-4-10-19-13)11-16-14(17)8-7-12-5-3-9-18-12/h3-6,9-10H,7-8,11H2,1-2H3,(H,16,17). The lowest BCUT2D eigenvalue weighted by molar-refractivity contribution is -0.121. The number of nitrogens with one attached hydrogen (secondary N) is 1. The molecule has 2 aromatic heterocycles. The Morgan fingerprint density at radius 1 is 1.37 bits per heavy atom. The van der Waals surface area contributed by atoms with Crippen molar-refractivity contribution in [2.24, 2.45) is 0 Å². The van der Waals surface area contributed by atoms with Gasteiger partial charge in [-0.05, 0) is 23.6 Å². The van der Waals surface area contributed by atoms with Crippen molar-refractivity contribution in [3.05, 3.63) is 46.5 Å². The SMILES string of the molecule is CC(C)(CNC(=O)CCc1ccco1)c1cccs1. The summed E-state index contributed by atoms with van der Waals surface area (Å²) in [5.74, 6) is 0.925. The lowest BCUT2D eigenvalue weighted by Crippen LogP contribution is -2.36. The fourth-order valence-electron chi connectivity index (χ4n) is 1.85. The summed E-state index contributed by atoms with van der Waals surface area (Å²) < 4.78 is 5.21. The summed E-state index contributed by atoms with van der Waals surface area (Å²) >= 11 is 1.73. The molecule has 0 aliphatic carbocycles. The Hall–Kier alpha value is -1.55. The van der Waals surface area contributed by atoms with Gasteiger partial charge in [0.2, 0.25) is 5.91 Å². The maximum absolute atomic E-state index is 11.8. The predicted octanol–water partition coefficient (Wildman–Crippen LogP) is 3.37. The van der Waals surface area contributed by atoms with Gasteiger partial charge in [0.15, 0.2) is 0 Å². The van der Waals surface area contributed by atoms with Gasteiger partial charge in [-0.1, -0.05) is 19.9 Å². The van der Waals surface area contributed by atoms with Crippen LogP contribution >= 0.6 is 11.3 Å². The summed E-state index contributed by atoms with van der Waals surface area (Å²) in [6.45, 7) is 4.95. The molecule has 2 heterocycles. The highest BCUT2D eigenvalue weighted by Crippen LogP contribution is 2.26. The molecule has 4 heteroatoms. The van der Waals surface area contributed by atoms with Crippen LogP contribution in [0.15, 0.2) is 40.3 Å². The van der Waals surface area contributed by atoms with E-state index in [1.54, 1.807) is 17.6 Å². The molecular weight excluding hydrogens is 258 g/mol. The van der Waals surface area contributed by atoms with Crippen molar-refractivity contribution in [3.63, 3.8) is 0 Å². The van der Waals surface area contributed by atoms with E-state index in [0.29, 0.717) is 19.4 Å². The molecule has 2 aromatic rings. The summed E-state index contributed by atoms with van der Waals surface area (Å²) in [5, 5.41) is 5.07. The van der Waals surface area contributed by atoms with E-state index in [-0.39, 0.29) is 11.3 Å². The van der Waals surface area contributed by atoms with Gasteiger partial charge in [-0.15, -0.1) is 11.3 Å². The molecule has 3 nitrogen and oxygen atoms in total. The van der Waals surface area contributed by atoms with E-state index in [4.69, 9.17) is 4.42 Å². The first-order chi connectivity index (χ1) is 9.08. The number of hydrogen-bond donors (Lipinski definition) is 1. The zero-order valence-electron chi connectivity index (χ0n) is 11.3. The molecule has 0 unspecified atom stereocenters. The van der Waals surface area contributed by atoms with Crippen molar-refractivity contribution in [2.45, 2.75) is 32.1 Å². The van der Waals surface area contributed by atoms with Crippen molar-refractivity contribution in [1.82, 2.24) is 5.32 Å². The van der Waals surface area contributed by atoms with E-state index in [1.807, 2.05) is 18.2 Å². The number of rotatable bonds is 6. The first kappa shape index (κ1) is 13.9. The number of thiophene rings is 1. The molecule has 0 aliphatic heterocycles. The Balaban J connectivity index is 1.77. The fraction of sp³-hybridized carbons (Fsp3) is 0.400. The zero-order valence-corrected chi connectivity index (χ0v) is 12.1. The molecule has 1 N–H and O–H groups in total. The summed E-state index contributed by atoms with van der Waals surface area (Å²) in [7, 11) is 0. The average molecular weight is 277 g/mol. The molecule has 0 aliphatic rings. The lowest BCUT2D eigenvalue weighted by Gasteiger charge is -2.23. The minimum Gasteiger partial charge on any atom is -0.469 e. The van der Waals surface area contributed by atoms with Gasteiger partial charge in [0.25, 0.3) is 0 Å². The van der Waals surface area contributed by atoms with Crippen LogP contribution in [0.2, 0.25) is 0 Å². The van der Waals surface area contributed by atoms with Crippen molar-refractivity contribution < 1.29 is 9.21 Å². The normalized spacial score (nSPS) is 11.5. The van der Waals surface area contributed by atoms with Crippen LogP contribution in [0.25, 0.3) is 0 Å². The topological polar surface area (TPSA) is 42.2 Å². The van der Waals surface area contributed by atoms with Crippen molar-refractivity contribution in [2.75, 3.05) is 6.54 Å². The maximum atomic E-state index is 11.8. The molecule has 1 amide bonds. The highest BCUT2D eigenvalue weighted by Gasteiger charge is 2.22. The van der Waals surface area contributed by atoms with Crippen LogP contribution in [0.1, 0.15) is 30.9 Å². The molecule has 0 saturated carbocycles. The molecule has 2 rings (SSSR count). The number of aryl methyl sites for hydroxylation is 1. The van der Waals surface area contributed by atoms with Crippen molar-refractivity contribution in [3.8, 4) is 0 Å². The molecule has 0 fully saturated rings. The molecule has 0 saturated heterocycles. The number of furan rings is 1. The summed E-state index contributed by atoms with van der Waals surface area (Å²) in [6.07, 6.45) is 2.75. The maximum Gasteiger partial charge on any atom is 0.220 e. The molecule has 102 valence electrons. The Bertz CT molecular complexity index is 500. The van der Waals surface area contributed by atoms with Gasteiger partial charge in [0, 0.05) is 29.7 Å². The fourth-order valence-corrected chi connectivity index (χ4v) is 2.70. The van der Waals surface area contributed by atoms with Crippen LogP contribution in [-0.2, 0) is 16.6 Å². The second kappa shape index (κ2) is 6.06. The number of carbonyl (C=O) groups is 1. The number of amides is 1. The minimum absolute atomic E-state index is 0.0193. The van der Waals surface area contributed by atoms with Crippen LogP contribution in [0.3, 0.4) is 0 Å². The highest BCUT2D eigenvalue weighted by molar-refractivity contribution is 7.10. The monoisotopic (exact) mass is 277 g/mol. The van der Waals surface area contributed by atoms with Gasteiger partial charge >= 0.3 is 0 Å². The van der Waals surface area contributed by atoms with Crippen LogP contribution in [0.4, 0.5) is 0 Å². The van der Waals surface area contributed by atoms with Crippen LogP contribution in [-0.4, -0.2) is 12.5 Å². The Morgan fingerprint density at radius 2 is 2.21 bits per heavy atom. The first-order valence-electron chi connectivity index (χ1n) is 6.41. The van der Waals surface area contributed by atoms with Gasteiger partial charge in [-0.2, -0.15) is 0 Å². The van der Waals surface area contributed by atoms with Gasteiger partial charge in [0.1, 0.15) is 5.76 Å². The molecule has 0 radical (unpaired) electrons. The molecule has 0 atom stereocenters. The van der Waals surface area contributed by atoms with E-state index < -0.39 is 0 Å². The number of hydrogen-bond acceptors (Lipinski definition) is 3. The van der Waals surface area contributed by atoms with Crippen LogP contribution in [0, 0.1) is 0 Å². The second-order valence-corrected chi connectivity index (χ2v) is 6.16. The van der Waals surface area contributed by atoms with Crippen molar-refractivity contribution in [1.29, 1.82) is 0 Å². The van der Waals surface area contributed by atoms with Gasteiger partial charge in [0.05, 0.1) is 6.26 Å². The van der Waals surface area contributed by atoms with E-state index >= 15 is 0 Å². The highest BCUT2D eigenvalue weighted by atomic mass is 32.1. The van der Waals surface area contributed by atoms with E-state index in [2.05, 4.69) is 30.6 Å². The molecule has 0 aromatic carbocycles. The van der Waals surface area contributed by atoms with Crippen molar-refractivity contribution >= 4 is 17.2 Å². The summed E-state index contributed by atoms with van der Waals surface area (Å²) in [4.78, 5) is 13.1. The Labute approximate surface area is 117 Å². The Kier molecular flexibility index (Phi) is 4.43. The molecule has 0 bridgehead atoms. The molecule has 19 heavy (non-hydrogen) atoms. The van der Waals surface area contributed by atoms with E-state index in [0.717, 1.165) is 5.76 Å². The van der Waals surface area contributed by atoms with Crippen LogP contribution in [0.5, 0.6) is 0 Å². The Morgan fingerprint density at radius 3 is 2.84 bits per heavy atom. The third kappa shape index (κ3) is 3.96. The summed E-state index contributed by atoms with van der Waals surface area (Å²) in [5.41, 5.74) is -0.0193. The minimum atomic E-state index is -0.0193. The predicted molar refractivity (Wildman–Crippen MR) is 77.4 cm³/mol. The van der Waals surface area contributed by atoms with E-state index in [9.17, 15) is 4.79 Å². The van der Waals surface area contributed by atoms with E-state index in [1.165, 1.54) is 4.88 Å². The quantitative estimate of drug-likeness (QED) is 0.879. The second-order valence-electron chi connectivity index (χ2n) is 5.22. The largest absolute Gasteiger partial charge is 0.469 e.